The Balaban J connectivity index is 1.33. The van der Waals surface area contributed by atoms with E-state index < -0.39 is 0 Å². The fourth-order valence-electron chi connectivity index (χ4n) is 3.99. The first-order valence-electron chi connectivity index (χ1n) is 8.71. The molecule has 0 N–H and O–H groups in total. The smallest absolute Gasteiger partial charge is 0.117 e. The molecule has 0 amide bonds. The Morgan fingerprint density at radius 3 is 3.21 bits per heavy atom. The van der Waals surface area contributed by atoms with Crippen LogP contribution in [0.3, 0.4) is 0 Å². The number of thiazole rings is 1. The van der Waals surface area contributed by atoms with Gasteiger partial charge in [0.05, 0.1) is 32.1 Å². The Morgan fingerprint density at radius 2 is 2.42 bits per heavy atom. The molecule has 4 rings (SSSR count). The standard InChI is InChI=1S/C18H25N3O2S/c1-20(9-15-3-2-7-22-15)11-17-16-10-21(6-4-14(16)13-23-17)12-18-19-5-8-24-18/h2-3,5,7-8,14,16-17H,4,6,9-13H2,1H3/t14-,16-,17+/m1/s1. The zero-order chi connectivity index (χ0) is 16.4. The van der Waals surface area contributed by atoms with Crippen LogP contribution in [0.25, 0.3) is 0 Å². The normalized spacial score (nSPS) is 27.7. The van der Waals surface area contributed by atoms with Gasteiger partial charge in [-0.25, -0.2) is 4.98 Å². The minimum atomic E-state index is 0.328. The third-order valence-corrected chi connectivity index (χ3v) is 6.00. The summed E-state index contributed by atoms with van der Waals surface area (Å²) in [6.45, 7) is 6.01. The van der Waals surface area contributed by atoms with Crippen LogP contribution in [0, 0.1) is 11.8 Å². The fourth-order valence-corrected chi connectivity index (χ4v) is 4.65. The number of fused-ring (bicyclic) bond motifs is 1. The summed E-state index contributed by atoms with van der Waals surface area (Å²) in [6, 6.07) is 3.98. The van der Waals surface area contributed by atoms with Crippen LogP contribution in [0.4, 0.5) is 0 Å². The second-order valence-corrected chi connectivity index (χ2v) is 8.00. The first-order chi connectivity index (χ1) is 11.8. The molecule has 3 atom stereocenters. The molecule has 0 aliphatic carbocycles. The molecule has 0 bridgehead atoms. The van der Waals surface area contributed by atoms with E-state index in [-0.39, 0.29) is 0 Å². The largest absolute Gasteiger partial charge is 0.468 e. The quantitative estimate of drug-likeness (QED) is 0.804. The van der Waals surface area contributed by atoms with Gasteiger partial charge in [-0.05, 0) is 38.1 Å². The van der Waals surface area contributed by atoms with Gasteiger partial charge in [0.25, 0.3) is 0 Å². The highest BCUT2D eigenvalue weighted by Crippen LogP contribution is 2.35. The molecule has 0 radical (unpaired) electrons. The first-order valence-corrected chi connectivity index (χ1v) is 9.59. The topological polar surface area (TPSA) is 41.7 Å². The molecule has 0 aromatic carbocycles. The number of furan rings is 1. The number of hydrogen-bond donors (Lipinski definition) is 0. The number of piperidine rings is 1. The van der Waals surface area contributed by atoms with Gasteiger partial charge in [-0.1, -0.05) is 0 Å². The van der Waals surface area contributed by atoms with Crippen LogP contribution in [-0.2, 0) is 17.8 Å². The summed E-state index contributed by atoms with van der Waals surface area (Å²) < 4.78 is 11.6. The number of likely N-dealkylation sites (N-methyl/N-ethyl adjacent to an activating group) is 1. The molecule has 4 heterocycles. The maximum absolute atomic E-state index is 6.16. The van der Waals surface area contributed by atoms with Crippen molar-refractivity contribution in [3.63, 3.8) is 0 Å². The lowest BCUT2D eigenvalue weighted by atomic mass is 9.84. The van der Waals surface area contributed by atoms with Crippen molar-refractivity contribution >= 4 is 11.3 Å². The van der Waals surface area contributed by atoms with Crippen LogP contribution < -0.4 is 0 Å². The van der Waals surface area contributed by atoms with Crippen LogP contribution in [-0.4, -0.2) is 54.2 Å². The number of ether oxygens (including phenoxy) is 1. The van der Waals surface area contributed by atoms with E-state index in [0.29, 0.717) is 12.0 Å². The van der Waals surface area contributed by atoms with E-state index in [1.54, 1.807) is 17.6 Å². The van der Waals surface area contributed by atoms with Crippen molar-refractivity contribution in [2.75, 3.05) is 33.3 Å². The lowest BCUT2D eigenvalue weighted by molar-refractivity contribution is 0.0459. The summed E-state index contributed by atoms with van der Waals surface area (Å²) in [6.07, 6.45) is 5.21. The molecule has 2 aromatic rings. The Labute approximate surface area is 147 Å². The summed E-state index contributed by atoms with van der Waals surface area (Å²) in [5.74, 6) is 2.37. The average Bonchev–Trinajstić information content (AvgIpc) is 3.31. The van der Waals surface area contributed by atoms with E-state index in [2.05, 4.69) is 27.2 Å². The van der Waals surface area contributed by atoms with Crippen molar-refractivity contribution in [3.05, 3.63) is 40.7 Å². The van der Waals surface area contributed by atoms with Crippen molar-refractivity contribution < 1.29 is 9.15 Å². The molecule has 2 fully saturated rings. The third kappa shape index (κ3) is 3.72. The second-order valence-electron chi connectivity index (χ2n) is 7.02. The van der Waals surface area contributed by atoms with E-state index in [1.807, 2.05) is 18.3 Å². The Bertz CT molecular complexity index is 616. The molecule has 5 nitrogen and oxygen atoms in total. The van der Waals surface area contributed by atoms with E-state index >= 15 is 0 Å². The zero-order valence-electron chi connectivity index (χ0n) is 14.1. The highest BCUT2D eigenvalue weighted by molar-refractivity contribution is 7.09. The third-order valence-electron chi connectivity index (χ3n) is 5.23. The van der Waals surface area contributed by atoms with E-state index in [4.69, 9.17) is 9.15 Å². The van der Waals surface area contributed by atoms with Crippen LogP contribution in [0.2, 0.25) is 0 Å². The maximum atomic E-state index is 6.16. The summed E-state index contributed by atoms with van der Waals surface area (Å²) >= 11 is 1.75. The molecule has 2 aromatic heterocycles. The second kappa shape index (κ2) is 7.35. The molecule has 0 spiro atoms. The fraction of sp³-hybridized carbons (Fsp3) is 0.611. The minimum Gasteiger partial charge on any atom is -0.468 e. The van der Waals surface area contributed by atoms with Crippen LogP contribution in [0.15, 0.2) is 34.4 Å². The van der Waals surface area contributed by atoms with E-state index in [0.717, 1.165) is 44.5 Å². The zero-order valence-corrected chi connectivity index (χ0v) is 15.0. The lowest BCUT2D eigenvalue weighted by Gasteiger charge is -2.36. The minimum absolute atomic E-state index is 0.328. The van der Waals surface area contributed by atoms with Gasteiger partial charge < -0.3 is 9.15 Å². The summed E-state index contributed by atoms with van der Waals surface area (Å²) in [5, 5.41) is 3.28. The van der Waals surface area contributed by atoms with Crippen molar-refractivity contribution in [1.82, 2.24) is 14.8 Å². The Hall–Kier alpha value is -1.21. The van der Waals surface area contributed by atoms with Gasteiger partial charge in [0, 0.05) is 30.6 Å². The SMILES string of the molecule is CN(Cc1ccco1)C[C@@H]1OC[C@H]2CCN(Cc3nccs3)C[C@H]21. The maximum Gasteiger partial charge on any atom is 0.117 e. The summed E-state index contributed by atoms with van der Waals surface area (Å²) in [7, 11) is 2.15. The summed E-state index contributed by atoms with van der Waals surface area (Å²) in [4.78, 5) is 9.29. The van der Waals surface area contributed by atoms with Gasteiger partial charge in [0.2, 0.25) is 0 Å². The van der Waals surface area contributed by atoms with Crippen LogP contribution in [0.5, 0.6) is 0 Å². The van der Waals surface area contributed by atoms with Crippen molar-refractivity contribution in [3.8, 4) is 0 Å². The van der Waals surface area contributed by atoms with Gasteiger partial charge in [0.1, 0.15) is 10.8 Å². The van der Waals surface area contributed by atoms with Crippen molar-refractivity contribution in [2.24, 2.45) is 11.8 Å². The number of nitrogens with zero attached hydrogens (tertiary/aromatic N) is 3. The van der Waals surface area contributed by atoms with Gasteiger partial charge in [-0.3, -0.25) is 9.80 Å². The number of aromatic nitrogens is 1. The molecule has 130 valence electrons. The molecular weight excluding hydrogens is 322 g/mol. The molecule has 0 unspecified atom stereocenters. The van der Waals surface area contributed by atoms with E-state index in [9.17, 15) is 0 Å². The monoisotopic (exact) mass is 347 g/mol. The highest BCUT2D eigenvalue weighted by atomic mass is 32.1. The molecular formula is C18H25N3O2S. The van der Waals surface area contributed by atoms with E-state index in [1.165, 1.54) is 18.0 Å². The molecule has 2 saturated heterocycles. The molecule has 2 aliphatic rings. The molecule has 24 heavy (non-hydrogen) atoms. The lowest BCUT2D eigenvalue weighted by Crippen LogP contribution is -2.44. The number of hydrogen-bond acceptors (Lipinski definition) is 6. The number of likely N-dealkylation sites (tertiary alicyclic amines) is 1. The average molecular weight is 347 g/mol. The molecule has 0 saturated carbocycles. The number of rotatable bonds is 6. The molecule has 2 aliphatic heterocycles. The highest BCUT2D eigenvalue weighted by Gasteiger charge is 2.41. The first kappa shape index (κ1) is 16.3. The Kier molecular flexibility index (Phi) is 4.98. The Morgan fingerprint density at radius 1 is 1.46 bits per heavy atom. The van der Waals surface area contributed by atoms with Gasteiger partial charge >= 0.3 is 0 Å². The van der Waals surface area contributed by atoms with Crippen LogP contribution in [0.1, 0.15) is 17.2 Å². The van der Waals surface area contributed by atoms with Gasteiger partial charge in [-0.2, -0.15) is 0 Å². The molecule has 6 heteroatoms. The van der Waals surface area contributed by atoms with Gasteiger partial charge in [-0.15, -0.1) is 11.3 Å². The van der Waals surface area contributed by atoms with Gasteiger partial charge in [0.15, 0.2) is 0 Å². The summed E-state index contributed by atoms with van der Waals surface area (Å²) in [5.41, 5.74) is 0. The predicted molar refractivity (Wildman–Crippen MR) is 93.8 cm³/mol. The van der Waals surface area contributed by atoms with Crippen molar-refractivity contribution in [2.45, 2.75) is 25.6 Å². The predicted octanol–water partition coefficient (Wildman–Crippen LogP) is 2.71. The van der Waals surface area contributed by atoms with Crippen molar-refractivity contribution in [1.29, 1.82) is 0 Å². The van der Waals surface area contributed by atoms with Crippen LogP contribution >= 0.6 is 11.3 Å².